The van der Waals surface area contributed by atoms with Crippen molar-refractivity contribution in [3.8, 4) is 0 Å². The number of hydrogen-bond donors (Lipinski definition) is 0. The summed E-state index contributed by atoms with van der Waals surface area (Å²) < 4.78 is 5.10. The molecule has 0 unspecified atom stereocenters. The number of rotatable bonds is 3. The first kappa shape index (κ1) is 9.25. The van der Waals surface area contributed by atoms with E-state index < -0.39 is 0 Å². The summed E-state index contributed by atoms with van der Waals surface area (Å²) in [4.78, 5) is 0. The predicted molar refractivity (Wildman–Crippen MR) is 56.3 cm³/mol. The Hall–Kier alpha value is -1.32. The van der Waals surface area contributed by atoms with Gasteiger partial charge in [-0.25, -0.2) is 0 Å². The Morgan fingerprint density at radius 2 is 2.29 bits per heavy atom. The van der Waals surface area contributed by atoms with Crippen molar-refractivity contribution in [1.82, 2.24) is 10.2 Å². The minimum absolute atomic E-state index is 0.631. The molecule has 0 amide bonds. The quantitative estimate of drug-likeness (QED) is 0.682. The lowest BCUT2D eigenvalue weighted by molar-refractivity contribution is 0.502. The fourth-order valence-electron chi connectivity index (χ4n) is 1.59. The topological polar surface area (TPSA) is 38.9 Å². The van der Waals surface area contributed by atoms with Crippen LogP contribution in [0, 0.1) is 0 Å². The molecule has 0 atom stereocenters. The lowest BCUT2D eigenvalue weighted by Crippen LogP contribution is -2.04. The van der Waals surface area contributed by atoms with Crippen molar-refractivity contribution in [1.29, 1.82) is 0 Å². The molecular formula is C10H13BN2O. The zero-order chi connectivity index (χ0) is 9.97. The summed E-state index contributed by atoms with van der Waals surface area (Å²) in [6, 6.07) is 0. The van der Waals surface area contributed by atoms with Gasteiger partial charge in [0.1, 0.15) is 0 Å². The van der Waals surface area contributed by atoms with Crippen LogP contribution in [-0.2, 0) is 6.42 Å². The number of hydrogen-bond acceptors (Lipinski definition) is 3. The fraction of sp³-hybridized carbons (Fsp3) is 0.400. The van der Waals surface area contributed by atoms with Gasteiger partial charge in [-0.15, -0.1) is 10.2 Å². The molecule has 3 nitrogen and oxygen atoms in total. The van der Waals surface area contributed by atoms with Gasteiger partial charge in [0.2, 0.25) is 12.3 Å². The Kier molecular flexibility index (Phi) is 2.52. The summed E-state index contributed by atoms with van der Waals surface area (Å²) in [5.41, 5.74) is 2.84. The van der Waals surface area contributed by atoms with Gasteiger partial charge in [0.05, 0.1) is 0 Å². The van der Waals surface area contributed by atoms with Crippen LogP contribution < -0.4 is 0 Å². The summed E-state index contributed by atoms with van der Waals surface area (Å²) in [6.07, 6.45) is 7.59. The Labute approximate surface area is 84.0 Å². The van der Waals surface area contributed by atoms with Crippen LogP contribution in [0.15, 0.2) is 34.0 Å². The van der Waals surface area contributed by atoms with E-state index in [0.29, 0.717) is 12.6 Å². The zero-order valence-electron chi connectivity index (χ0n) is 8.53. The molecule has 1 heterocycles. The molecule has 0 radical (unpaired) electrons. The van der Waals surface area contributed by atoms with Crippen LogP contribution in [0.4, 0.5) is 0 Å². The predicted octanol–water partition coefficient (Wildman–Crippen LogP) is 2.16. The number of allylic oxidation sites excluding steroid dienone is 4. The molecule has 0 aliphatic heterocycles. The second-order valence-corrected chi connectivity index (χ2v) is 3.91. The van der Waals surface area contributed by atoms with Gasteiger partial charge in [0.15, 0.2) is 6.71 Å². The van der Waals surface area contributed by atoms with Crippen molar-refractivity contribution in [2.75, 3.05) is 0 Å². The molecule has 0 aromatic carbocycles. The minimum Gasteiger partial charge on any atom is -0.428 e. The molecule has 0 fully saturated rings. The summed E-state index contributed by atoms with van der Waals surface area (Å²) >= 11 is 0. The van der Waals surface area contributed by atoms with Crippen LogP contribution in [-0.4, -0.2) is 16.9 Å². The van der Waals surface area contributed by atoms with E-state index in [1.165, 1.54) is 17.4 Å². The van der Waals surface area contributed by atoms with Gasteiger partial charge in [-0.1, -0.05) is 36.8 Å². The van der Waals surface area contributed by atoms with Crippen LogP contribution in [0.5, 0.6) is 0 Å². The molecule has 14 heavy (non-hydrogen) atoms. The van der Waals surface area contributed by atoms with Crippen molar-refractivity contribution in [3.05, 3.63) is 35.5 Å². The van der Waals surface area contributed by atoms with Crippen LogP contribution in [0.2, 0.25) is 13.6 Å². The van der Waals surface area contributed by atoms with Crippen molar-refractivity contribution in [2.45, 2.75) is 26.5 Å². The van der Waals surface area contributed by atoms with Gasteiger partial charge in [-0.2, -0.15) is 0 Å². The van der Waals surface area contributed by atoms with E-state index in [1.807, 2.05) is 0 Å². The zero-order valence-corrected chi connectivity index (χ0v) is 8.53. The van der Waals surface area contributed by atoms with Crippen LogP contribution in [0.1, 0.15) is 12.3 Å². The molecule has 0 bridgehead atoms. The molecule has 2 rings (SSSR count). The van der Waals surface area contributed by atoms with Crippen molar-refractivity contribution in [3.63, 3.8) is 0 Å². The van der Waals surface area contributed by atoms with Crippen LogP contribution in [0.25, 0.3) is 0 Å². The van der Waals surface area contributed by atoms with E-state index in [4.69, 9.17) is 4.42 Å². The molecule has 1 aliphatic carbocycles. The first-order valence-corrected chi connectivity index (χ1v) is 4.89. The van der Waals surface area contributed by atoms with Gasteiger partial charge in [0, 0.05) is 6.42 Å². The van der Waals surface area contributed by atoms with Crippen LogP contribution in [0.3, 0.4) is 0 Å². The highest BCUT2D eigenvalue weighted by Gasteiger charge is 2.14. The van der Waals surface area contributed by atoms with Crippen molar-refractivity contribution >= 4 is 6.71 Å². The molecule has 0 N–H and O–H groups in total. The molecule has 4 heteroatoms. The first-order valence-electron chi connectivity index (χ1n) is 4.89. The summed E-state index contributed by atoms with van der Waals surface area (Å²) in [6.45, 7) is 5.07. The summed E-state index contributed by atoms with van der Waals surface area (Å²) in [5, 5.41) is 7.53. The standard InChI is InChI=1S/C10H13BN2O/c1-11(2)9-4-3-8(5-9)6-10-13-12-7-14-10/h3-4,7H,5-6H2,1-2H3. The molecular weight excluding hydrogens is 175 g/mol. The number of aromatic nitrogens is 2. The molecule has 72 valence electrons. The van der Waals surface area contributed by atoms with E-state index in [-0.39, 0.29) is 0 Å². The van der Waals surface area contributed by atoms with Crippen molar-refractivity contribution < 1.29 is 4.42 Å². The molecule has 0 saturated carbocycles. The maximum absolute atomic E-state index is 5.10. The van der Waals surface area contributed by atoms with Crippen LogP contribution >= 0.6 is 0 Å². The lowest BCUT2D eigenvalue weighted by atomic mass is 9.48. The third-order valence-corrected chi connectivity index (χ3v) is 2.49. The minimum atomic E-state index is 0.631. The highest BCUT2D eigenvalue weighted by atomic mass is 16.4. The fourth-order valence-corrected chi connectivity index (χ4v) is 1.59. The average molecular weight is 188 g/mol. The van der Waals surface area contributed by atoms with E-state index >= 15 is 0 Å². The molecule has 1 aromatic rings. The lowest BCUT2D eigenvalue weighted by Gasteiger charge is -2.04. The monoisotopic (exact) mass is 188 g/mol. The maximum Gasteiger partial charge on any atom is 0.220 e. The van der Waals surface area contributed by atoms with E-state index in [1.54, 1.807) is 0 Å². The summed E-state index contributed by atoms with van der Waals surface area (Å²) in [5.74, 6) is 0.703. The molecule has 1 aliphatic rings. The SMILES string of the molecule is CB(C)C1=CC=C(Cc2nnco2)C1. The Balaban J connectivity index is 1.93. The maximum atomic E-state index is 5.10. The van der Waals surface area contributed by atoms with Gasteiger partial charge in [-0.3, -0.25) is 0 Å². The second-order valence-electron chi connectivity index (χ2n) is 3.91. The van der Waals surface area contributed by atoms with Crippen molar-refractivity contribution in [2.24, 2.45) is 0 Å². The molecule has 0 spiro atoms. The highest BCUT2D eigenvalue weighted by Crippen LogP contribution is 2.23. The average Bonchev–Trinajstić information content (AvgIpc) is 2.75. The van der Waals surface area contributed by atoms with E-state index in [0.717, 1.165) is 12.8 Å². The smallest absolute Gasteiger partial charge is 0.220 e. The van der Waals surface area contributed by atoms with E-state index in [2.05, 4.69) is 36.0 Å². The van der Waals surface area contributed by atoms with Gasteiger partial charge < -0.3 is 4.42 Å². The highest BCUT2D eigenvalue weighted by molar-refractivity contribution is 6.64. The Bertz CT molecular complexity index is 365. The first-order chi connectivity index (χ1) is 6.75. The third-order valence-electron chi connectivity index (χ3n) is 2.49. The third kappa shape index (κ3) is 1.95. The summed E-state index contributed by atoms with van der Waals surface area (Å²) in [7, 11) is 0. The Morgan fingerprint density at radius 1 is 1.43 bits per heavy atom. The van der Waals surface area contributed by atoms with Gasteiger partial charge >= 0.3 is 0 Å². The largest absolute Gasteiger partial charge is 0.428 e. The second kappa shape index (κ2) is 3.82. The van der Waals surface area contributed by atoms with E-state index in [9.17, 15) is 0 Å². The Morgan fingerprint density at radius 3 is 2.86 bits per heavy atom. The number of nitrogens with zero attached hydrogens (tertiary/aromatic N) is 2. The normalized spacial score (nSPS) is 15.3. The molecule has 1 aromatic heterocycles. The van der Waals surface area contributed by atoms with Gasteiger partial charge in [-0.05, 0) is 6.42 Å². The molecule has 0 saturated heterocycles. The van der Waals surface area contributed by atoms with Gasteiger partial charge in [0.25, 0.3) is 0 Å².